The lowest BCUT2D eigenvalue weighted by atomic mass is 9.96. The molecular weight excluding hydrogens is 216 g/mol. The number of rotatable bonds is 8. The van der Waals surface area contributed by atoms with Crippen molar-refractivity contribution in [1.82, 2.24) is 0 Å². The normalized spacial score (nSPS) is 11.9. The number of ketones is 1. The topological polar surface area (TPSA) is 43.4 Å². The third-order valence-corrected chi connectivity index (χ3v) is 2.35. The summed E-state index contributed by atoms with van der Waals surface area (Å²) < 4.78 is 4.56. The van der Waals surface area contributed by atoms with Crippen molar-refractivity contribution < 1.29 is 14.3 Å². The fourth-order valence-corrected chi connectivity index (χ4v) is 1.42. The molecule has 0 aromatic heterocycles. The lowest BCUT2D eigenvalue weighted by Crippen LogP contribution is -2.24. The molecule has 0 rings (SSSR count). The number of esters is 1. The van der Waals surface area contributed by atoms with Crippen molar-refractivity contribution in [3.8, 4) is 0 Å². The molecule has 15 heavy (non-hydrogen) atoms. The van der Waals surface area contributed by atoms with E-state index in [1.165, 1.54) is 7.11 Å². The summed E-state index contributed by atoms with van der Waals surface area (Å²) in [6.07, 6.45) is 3.77. The van der Waals surface area contributed by atoms with Crippen LogP contribution < -0.4 is 0 Å². The van der Waals surface area contributed by atoms with Crippen LogP contribution in [0.3, 0.4) is 0 Å². The number of alkyl halides is 1. The Hall–Kier alpha value is -0.830. The molecule has 0 heterocycles. The van der Waals surface area contributed by atoms with Crippen LogP contribution >= 0.6 is 11.6 Å². The van der Waals surface area contributed by atoms with Crippen LogP contribution in [0.1, 0.15) is 25.7 Å². The Labute approximate surface area is 95.4 Å². The van der Waals surface area contributed by atoms with E-state index in [1.807, 2.05) is 0 Å². The fraction of sp³-hybridized carbons (Fsp3) is 0.636. The molecule has 0 aliphatic carbocycles. The number of carbonyl (C=O) groups is 2. The Balaban J connectivity index is 4.16. The van der Waals surface area contributed by atoms with E-state index in [4.69, 9.17) is 11.6 Å². The highest BCUT2D eigenvalue weighted by atomic mass is 35.5. The molecule has 86 valence electrons. The van der Waals surface area contributed by atoms with Gasteiger partial charge in [0.1, 0.15) is 11.7 Å². The van der Waals surface area contributed by atoms with E-state index in [1.54, 1.807) is 6.08 Å². The molecule has 0 N–H and O–H groups in total. The van der Waals surface area contributed by atoms with Gasteiger partial charge < -0.3 is 4.74 Å². The smallest absolute Gasteiger partial charge is 0.316 e. The third kappa shape index (κ3) is 5.57. The van der Waals surface area contributed by atoms with Gasteiger partial charge in [0.25, 0.3) is 0 Å². The molecule has 0 aromatic rings. The number of carbonyl (C=O) groups excluding carboxylic acids is 2. The molecule has 0 bridgehead atoms. The Morgan fingerprint density at radius 1 is 1.47 bits per heavy atom. The van der Waals surface area contributed by atoms with Gasteiger partial charge >= 0.3 is 5.97 Å². The number of ether oxygens (including phenoxy) is 1. The first-order valence-electron chi connectivity index (χ1n) is 4.94. The Kier molecular flexibility index (Phi) is 8.01. The lowest BCUT2D eigenvalue weighted by molar-refractivity contribution is -0.149. The molecule has 0 spiro atoms. The third-order valence-electron chi connectivity index (χ3n) is 2.08. The van der Waals surface area contributed by atoms with Gasteiger partial charge in [-0.1, -0.05) is 6.08 Å². The van der Waals surface area contributed by atoms with Crippen LogP contribution in [0.25, 0.3) is 0 Å². The molecule has 1 atom stereocenters. The predicted molar refractivity (Wildman–Crippen MR) is 59.9 cm³/mol. The molecule has 1 unspecified atom stereocenters. The second kappa shape index (κ2) is 8.48. The summed E-state index contributed by atoms with van der Waals surface area (Å²) in [6, 6.07) is 0. The second-order valence-electron chi connectivity index (χ2n) is 3.21. The van der Waals surface area contributed by atoms with Gasteiger partial charge in [0.05, 0.1) is 7.11 Å². The zero-order chi connectivity index (χ0) is 11.7. The molecule has 0 aliphatic heterocycles. The minimum absolute atomic E-state index is 0.0909. The first-order chi connectivity index (χ1) is 7.17. The number of unbranched alkanes of at least 4 members (excludes halogenated alkanes) is 1. The molecule has 0 saturated heterocycles. The first kappa shape index (κ1) is 14.2. The van der Waals surface area contributed by atoms with Gasteiger partial charge in [0.15, 0.2) is 0 Å². The number of allylic oxidation sites excluding steroid dienone is 1. The maximum atomic E-state index is 11.6. The summed E-state index contributed by atoms with van der Waals surface area (Å²) in [5, 5.41) is 0. The molecular formula is C11H17ClO3. The summed E-state index contributed by atoms with van der Waals surface area (Å²) in [7, 11) is 1.28. The van der Waals surface area contributed by atoms with Gasteiger partial charge in [-0.15, -0.1) is 18.2 Å². The summed E-state index contributed by atoms with van der Waals surface area (Å²) in [5.74, 6) is -0.724. The van der Waals surface area contributed by atoms with Crippen LogP contribution in [-0.4, -0.2) is 24.7 Å². The number of hydrogen-bond donors (Lipinski definition) is 0. The maximum absolute atomic E-state index is 11.6. The Morgan fingerprint density at radius 2 is 2.13 bits per heavy atom. The summed E-state index contributed by atoms with van der Waals surface area (Å²) in [5.41, 5.74) is 0. The molecule has 0 aromatic carbocycles. The number of halogens is 1. The van der Waals surface area contributed by atoms with E-state index in [-0.39, 0.29) is 5.78 Å². The first-order valence-corrected chi connectivity index (χ1v) is 5.48. The molecule has 0 aliphatic rings. The summed E-state index contributed by atoms with van der Waals surface area (Å²) in [4.78, 5) is 22.9. The van der Waals surface area contributed by atoms with Gasteiger partial charge in [-0.05, 0) is 19.3 Å². The molecule has 0 radical (unpaired) electrons. The van der Waals surface area contributed by atoms with Gasteiger partial charge in [-0.3, -0.25) is 9.59 Å². The second-order valence-corrected chi connectivity index (χ2v) is 3.59. The molecule has 0 saturated carbocycles. The van der Waals surface area contributed by atoms with Crippen LogP contribution in [0.4, 0.5) is 0 Å². The van der Waals surface area contributed by atoms with Crippen LogP contribution in [0.2, 0.25) is 0 Å². The van der Waals surface area contributed by atoms with Crippen LogP contribution in [0.15, 0.2) is 12.7 Å². The van der Waals surface area contributed by atoms with E-state index in [0.717, 1.165) is 6.42 Å². The van der Waals surface area contributed by atoms with Crippen molar-refractivity contribution in [3.05, 3.63) is 12.7 Å². The largest absolute Gasteiger partial charge is 0.468 e. The van der Waals surface area contributed by atoms with Crippen molar-refractivity contribution in [2.24, 2.45) is 5.92 Å². The highest BCUT2D eigenvalue weighted by Gasteiger charge is 2.25. The number of methoxy groups -OCH3 is 1. The average molecular weight is 233 g/mol. The fourth-order valence-electron chi connectivity index (χ4n) is 1.24. The van der Waals surface area contributed by atoms with Crippen molar-refractivity contribution in [2.75, 3.05) is 13.0 Å². The van der Waals surface area contributed by atoms with Crippen LogP contribution in [0, 0.1) is 5.92 Å². The Morgan fingerprint density at radius 3 is 2.60 bits per heavy atom. The monoisotopic (exact) mass is 232 g/mol. The summed E-state index contributed by atoms with van der Waals surface area (Å²) >= 11 is 5.50. The maximum Gasteiger partial charge on any atom is 0.316 e. The van der Waals surface area contributed by atoms with E-state index >= 15 is 0 Å². The Bertz CT molecular complexity index is 226. The number of Topliss-reactive ketones (excluding diaryl/α,β-unsaturated/α-hetero) is 1. The molecule has 0 amide bonds. The average Bonchev–Trinajstić information content (AvgIpc) is 2.25. The van der Waals surface area contributed by atoms with E-state index < -0.39 is 11.9 Å². The van der Waals surface area contributed by atoms with Crippen LogP contribution in [0.5, 0.6) is 0 Å². The molecule has 0 fully saturated rings. The van der Waals surface area contributed by atoms with Crippen molar-refractivity contribution in [1.29, 1.82) is 0 Å². The highest BCUT2D eigenvalue weighted by molar-refractivity contribution is 6.17. The van der Waals surface area contributed by atoms with Crippen molar-refractivity contribution in [3.63, 3.8) is 0 Å². The van der Waals surface area contributed by atoms with E-state index in [9.17, 15) is 9.59 Å². The minimum atomic E-state index is -0.692. The van der Waals surface area contributed by atoms with Gasteiger partial charge in [-0.25, -0.2) is 0 Å². The van der Waals surface area contributed by atoms with Crippen molar-refractivity contribution in [2.45, 2.75) is 25.7 Å². The van der Waals surface area contributed by atoms with E-state index in [2.05, 4.69) is 11.3 Å². The molecule has 4 heteroatoms. The standard InChI is InChI=1S/C11H17ClO3/c1-3-6-9(11(14)15-2)10(13)7-4-5-8-12/h3,9H,1,4-8H2,2H3. The lowest BCUT2D eigenvalue weighted by Gasteiger charge is -2.10. The summed E-state index contributed by atoms with van der Waals surface area (Å²) in [6.45, 7) is 3.51. The van der Waals surface area contributed by atoms with Crippen LogP contribution in [-0.2, 0) is 14.3 Å². The predicted octanol–water partition coefficient (Wildman–Crippen LogP) is 2.33. The van der Waals surface area contributed by atoms with Gasteiger partial charge in [0, 0.05) is 12.3 Å². The van der Waals surface area contributed by atoms with E-state index in [0.29, 0.717) is 25.1 Å². The quantitative estimate of drug-likeness (QED) is 0.212. The SMILES string of the molecule is C=CCC(C(=O)CCCCCl)C(=O)OC. The molecule has 3 nitrogen and oxygen atoms in total. The zero-order valence-electron chi connectivity index (χ0n) is 9.00. The zero-order valence-corrected chi connectivity index (χ0v) is 9.76. The van der Waals surface area contributed by atoms with Gasteiger partial charge in [0.2, 0.25) is 0 Å². The van der Waals surface area contributed by atoms with Gasteiger partial charge in [-0.2, -0.15) is 0 Å². The highest BCUT2D eigenvalue weighted by Crippen LogP contribution is 2.12. The van der Waals surface area contributed by atoms with Crippen molar-refractivity contribution >= 4 is 23.4 Å². The minimum Gasteiger partial charge on any atom is -0.468 e. The number of hydrogen-bond acceptors (Lipinski definition) is 3.